The summed E-state index contributed by atoms with van der Waals surface area (Å²) in [7, 11) is 0. The molecule has 0 amide bonds. The molecule has 0 atom stereocenters. The van der Waals surface area contributed by atoms with E-state index in [-0.39, 0.29) is 5.41 Å². The predicted octanol–water partition coefficient (Wildman–Crippen LogP) is 4.71. The SMILES string of the molecule is CCCNc1nc(C(C)(C)C)nc(Nc2ccsc2)c1C. The minimum Gasteiger partial charge on any atom is -0.370 e. The van der Waals surface area contributed by atoms with E-state index in [9.17, 15) is 0 Å². The van der Waals surface area contributed by atoms with E-state index in [2.05, 4.69) is 62.1 Å². The number of thiophene rings is 1. The molecule has 2 aromatic rings. The van der Waals surface area contributed by atoms with Gasteiger partial charge in [-0.3, -0.25) is 0 Å². The van der Waals surface area contributed by atoms with Gasteiger partial charge in [0.2, 0.25) is 0 Å². The Morgan fingerprint density at radius 3 is 2.48 bits per heavy atom. The Kier molecular flexibility index (Phi) is 4.83. The number of aromatic nitrogens is 2. The lowest BCUT2D eigenvalue weighted by molar-refractivity contribution is 0.546. The Labute approximate surface area is 131 Å². The molecule has 0 bridgehead atoms. The van der Waals surface area contributed by atoms with Gasteiger partial charge in [-0.05, 0) is 24.8 Å². The first kappa shape index (κ1) is 15.8. The van der Waals surface area contributed by atoms with Gasteiger partial charge in [0.15, 0.2) is 0 Å². The largest absolute Gasteiger partial charge is 0.370 e. The number of nitrogens with zero attached hydrogens (tertiary/aromatic N) is 2. The molecule has 2 aromatic heterocycles. The van der Waals surface area contributed by atoms with Crippen molar-refractivity contribution in [2.24, 2.45) is 0 Å². The van der Waals surface area contributed by atoms with Crippen molar-refractivity contribution in [1.82, 2.24) is 9.97 Å². The molecule has 0 saturated heterocycles. The summed E-state index contributed by atoms with van der Waals surface area (Å²) in [6.07, 6.45) is 1.07. The van der Waals surface area contributed by atoms with Gasteiger partial charge in [0, 0.05) is 22.9 Å². The number of rotatable bonds is 5. The highest BCUT2D eigenvalue weighted by Gasteiger charge is 2.21. The number of hydrogen-bond acceptors (Lipinski definition) is 5. The van der Waals surface area contributed by atoms with Gasteiger partial charge in [0.05, 0.1) is 5.69 Å². The first-order valence-corrected chi connectivity index (χ1v) is 8.28. The van der Waals surface area contributed by atoms with E-state index in [0.717, 1.165) is 41.7 Å². The molecule has 0 aliphatic carbocycles. The third-order valence-corrected chi connectivity index (χ3v) is 3.83. The van der Waals surface area contributed by atoms with Gasteiger partial charge in [-0.15, -0.1) is 0 Å². The smallest absolute Gasteiger partial charge is 0.139 e. The maximum Gasteiger partial charge on any atom is 0.139 e. The fraction of sp³-hybridized carbons (Fsp3) is 0.500. The van der Waals surface area contributed by atoms with E-state index in [1.165, 1.54) is 0 Å². The summed E-state index contributed by atoms with van der Waals surface area (Å²) in [6, 6.07) is 2.06. The van der Waals surface area contributed by atoms with Crippen molar-refractivity contribution in [2.45, 2.75) is 46.5 Å². The molecule has 0 radical (unpaired) electrons. The Hall–Kier alpha value is -1.62. The fourth-order valence-corrected chi connectivity index (χ4v) is 2.45. The van der Waals surface area contributed by atoms with Crippen LogP contribution in [0.5, 0.6) is 0 Å². The van der Waals surface area contributed by atoms with E-state index in [1.54, 1.807) is 11.3 Å². The van der Waals surface area contributed by atoms with Gasteiger partial charge < -0.3 is 10.6 Å². The maximum atomic E-state index is 4.73. The fourth-order valence-electron chi connectivity index (χ4n) is 1.86. The van der Waals surface area contributed by atoms with Gasteiger partial charge in [-0.2, -0.15) is 11.3 Å². The second-order valence-electron chi connectivity index (χ2n) is 6.18. The summed E-state index contributed by atoms with van der Waals surface area (Å²) in [5.74, 6) is 2.66. The van der Waals surface area contributed by atoms with Crippen molar-refractivity contribution in [3.05, 3.63) is 28.2 Å². The molecule has 114 valence electrons. The topological polar surface area (TPSA) is 49.8 Å². The second kappa shape index (κ2) is 6.43. The van der Waals surface area contributed by atoms with Crippen LogP contribution in [0, 0.1) is 6.92 Å². The minimum absolute atomic E-state index is 0.0819. The van der Waals surface area contributed by atoms with Crippen LogP contribution in [-0.2, 0) is 5.41 Å². The number of anilines is 3. The van der Waals surface area contributed by atoms with Gasteiger partial charge in [0.1, 0.15) is 17.5 Å². The van der Waals surface area contributed by atoms with Crippen LogP contribution >= 0.6 is 11.3 Å². The molecule has 0 unspecified atom stereocenters. The van der Waals surface area contributed by atoms with E-state index < -0.39 is 0 Å². The molecule has 2 rings (SSSR count). The predicted molar refractivity (Wildman–Crippen MR) is 91.9 cm³/mol. The Morgan fingerprint density at radius 2 is 1.90 bits per heavy atom. The van der Waals surface area contributed by atoms with E-state index >= 15 is 0 Å². The molecule has 2 heterocycles. The van der Waals surface area contributed by atoms with Gasteiger partial charge >= 0.3 is 0 Å². The molecule has 5 heteroatoms. The summed E-state index contributed by atoms with van der Waals surface area (Å²) < 4.78 is 0. The lowest BCUT2D eigenvalue weighted by Crippen LogP contribution is -2.19. The highest BCUT2D eigenvalue weighted by Crippen LogP contribution is 2.28. The average Bonchev–Trinajstić information content (AvgIpc) is 2.91. The highest BCUT2D eigenvalue weighted by atomic mass is 32.1. The van der Waals surface area contributed by atoms with Gasteiger partial charge in [-0.25, -0.2) is 9.97 Å². The molecule has 0 aromatic carbocycles. The molecule has 0 fully saturated rings. The lowest BCUT2D eigenvalue weighted by Gasteiger charge is -2.21. The van der Waals surface area contributed by atoms with Crippen molar-refractivity contribution >= 4 is 28.7 Å². The minimum atomic E-state index is -0.0819. The standard InChI is InChI=1S/C16H24N4S/c1-6-8-17-13-11(2)14(18-12-7-9-21-10-12)20-15(19-13)16(3,4)5/h7,9-10H,6,8H2,1-5H3,(H2,17,18,19,20). The van der Waals surface area contributed by atoms with Crippen LogP contribution in [0.4, 0.5) is 17.3 Å². The zero-order valence-electron chi connectivity index (χ0n) is 13.4. The lowest BCUT2D eigenvalue weighted by atomic mass is 9.95. The monoisotopic (exact) mass is 304 g/mol. The zero-order chi connectivity index (χ0) is 15.5. The van der Waals surface area contributed by atoms with Gasteiger partial charge in [0.25, 0.3) is 0 Å². The Morgan fingerprint density at radius 1 is 1.19 bits per heavy atom. The van der Waals surface area contributed by atoms with Crippen LogP contribution in [0.15, 0.2) is 16.8 Å². The molecule has 21 heavy (non-hydrogen) atoms. The third-order valence-electron chi connectivity index (χ3n) is 3.14. The average molecular weight is 304 g/mol. The van der Waals surface area contributed by atoms with E-state index in [0.29, 0.717) is 0 Å². The maximum absolute atomic E-state index is 4.73. The van der Waals surface area contributed by atoms with E-state index in [4.69, 9.17) is 9.97 Å². The van der Waals surface area contributed by atoms with Crippen molar-refractivity contribution in [2.75, 3.05) is 17.2 Å². The van der Waals surface area contributed by atoms with Crippen molar-refractivity contribution in [3.8, 4) is 0 Å². The Bertz CT molecular complexity index is 585. The van der Waals surface area contributed by atoms with E-state index in [1.807, 2.05) is 0 Å². The first-order valence-electron chi connectivity index (χ1n) is 7.34. The van der Waals surface area contributed by atoms with Crippen LogP contribution in [0.3, 0.4) is 0 Å². The molecule has 2 N–H and O–H groups in total. The molecule has 0 saturated carbocycles. The number of nitrogens with one attached hydrogen (secondary N) is 2. The quantitative estimate of drug-likeness (QED) is 0.840. The van der Waals surface area contributed by atoms with Crippen molar-refractivity contribution in [1.29, 1.82) is 0 Å². The van der Waals surface area contributed by atoms with Crippen LogP contribution < -0.4 is 10.6 Å². The van der Waals surface area contributed by atoms with Crippen molar-refractivity contribution < 1.29 is 0 Å². The summed E-state index contributed by atoms with van der Waals surface area (Å²) in [4.78, 5) is 9.44. The summed E-state index contributed by atoms with van der Waals surface area (Å²) in [5, 5.41) is 10.9. The van der Waals surface area contributed by atoms with Crippen LogP contribution in [-0.4, -0.2) is 16.5 Å². The van der Waals surface area contributed by atoms with Crippen LogP contribution in [0.2, 0.25) is 0 Å². The molecule has 0 aliphatic heterocycles. The first-order chi connectivity index (χ1) is 9.91. The van der Waals surface area contributed by atoms with Crippen molar-refractivity contribution in [3.63, 3.8) is 0 Å². The number of hydrogen-bond donors (Lipinski definition) is 2. The molecule has 0 spiro atoms. The molecule has 0 aliphatic rings. The summed E-state index contributed by atoms with van der Waals surface area (Å²) in [6.45, 7) is 11.5. The summed E-state index contributed by atoms with van der Waals surface area (Å²) >= 11 is 1.67. The molecular weight excluding hydrogens is 280 g/mol. The second-order valence-corrected chi connectivity index (χ2v) is 6.96. The summed E-state index contributed by atoms with van der Waals surface area (Å²) in [5.41, 5.74) is 2.05. The molecule has 4 nitrogen and oxygen atoms in total. The Balaban J connectivity index is 2.41. The highest BCUT2D eigenvalue weighted by molar-refractivity contribution is 7.08. The van der Waals surface area contributed by atoms with Crippen LogP contribution in [0.1, 0.15) is 45.5 Å². The normalized spacial score (nSPS) is 11.5. The van der Waals surface area contributed by atoms with Gasteiger partial charge in [-0.1, -0.05) is 27.7 Å². The molecular formula is C16H24N4S. The third kappa shape index (κ3) is 3.94. The van der Waals surface area contributed by atoms with Crippen LogP contribution in [0.25, 0.3) is 0 Å². The zero-order valence-corrected chi connectivity index (χ0v) is 14.3.